The smallest absolute Gasteiger partial charge is 0.303 e. The molecule has 0 aromatic carbocycles. The van der Waals surface area contributed by atoms with Crippen LogP contribution in [0.5, 0.6) is 0 Å². The number of nitrogens with two attached hydrogens (primary N) is 1. The number of nitrogens with one attached hydrogen (secondary N) is 1. The van der Waals surface area contributed by atoms with Gasteiger partial charge in [-0.25, -0.2) is 0 Å². The van der Waals surface area contributed by atoms with Gasteiger partial charge in [0.2, 0.25) is 11.8 Å². The Kier molecular flexibility index (Phi) is 5.57. The minimum atomic E-state index is -0.796. The van der Waals surface area contributed by atoms with Crippen LogP contribution in [0.1, 0.15) is 19.3 Å². The number of aliphatic carboxylic acids is 1. The summed E-state index contributed by atoms with van der Waals surface area (Å²) in [7, 11) is 0. The topological polar surface area (TPSA) is 113 Å². The van der Waals surface area contributed by atoms with Gasteiger partial charge in [-0.15, -0.1) is 0 Å². The van der Waals surface area contributed by atoms with Crippen molar-refractivity contribution >= 4 is 17.8 Å². The van der Waals surface area contributed by atoms with Gasteiger partial charge in [-0.2, -0.15) is 0 Å². The molecule has 1 saturated heterocycles. The normalized spacial score (nSPS) is 16.4. The molecule has 1 rings (SSSR count). The van der Waals surface area contributed by atoms with Gasteiger partial charge in [-0.1, -0.05) is 0 Å². The second kappa shape index (κ2) is 6.95. The second-order valence-electron chi connectivity index (χ2n) is 4.40. The van der Waals surface area contributed by atoms with Gasteiger partial charge in [0, 0.05) is 19.5 Å². The third-order valence-corrected chi connectivity index (χ3v) is 3.05. The summed E-state index contributed by atoms with van der Waals surface area (Å²) in [4.78, 5) is 34.8. The number of amides is 2. The molecule has 102 valence electrons. The van der Waals surface area contributed by atoms with Crippen LogP contribution in [0, 0.1) is 5.92 Å². The first-order valence-electron chi connectivity index (χ1n) is 5.99. The van der Waals surface area contributed by atoms with Gasteiger partial charge < -0.3 is 21.1 Å². The maximum Gasteiger partial charge on any atom is 0.303 e. The lowest BCUT2D eigenvalue weighted by Gasteiger charge is -2.31. The van der Waals surface area contributed by atoms with Crippen molar-refractivity contribution in [1.82, 2.24) is 10.2 Å². The zero-order valence-corrected chi connectivity index (χ0v) is 10.2. The van der Waals surface area contributed by atoms with E-state index in [4.69, 9.17) is 10.8 Å². The van der Waals surface area contributed by atoms with Crippen LogP contribution in [0.25, 0.3) is 0 Å². The van der Waals surface area contributed by atoms with Crippen molar-refractivity contribution in [3.8, 4) is 0 Å². The molecule has 18 heavy (non-hydrogen) atoms. The summed E-state index contributed by atoms with van der Waals surface area (Å²) in [6, 6.07) is 0. The van der Waals surface area contributed by atoms with Gasteiger partial charge in [-0.3, -0.25) is 14.4 Å². The molecule has 0 aromatic heterocycles. The monoisotopic (exact) mass is 257 g/mol. The number of carbonyl (C=O) groups excluding carboxylic acids is 2. The van der Waals surface area contributed by atoms with Crippen LogP contribution in [0.4, 0.5) is 0 Å². The first-order chi connectivity index (χ1) is 8.52. The third-order valence-electron chi connectivity index (χ3n) is 3.05. The van der Waals surface area contributed by atoms with E-state index in [0.29, 0.717) is 25.9 Å². The van der Waals surface area contributed by atoms with Crippen molar-refractivity contribution < 1.29 is 19.5 Å². The van der Waals surface area contributed by atoms with Gasteiger partial charge in [0.25, 0.3) is 0 Å². The van der Waals surface area contributed by atoms with Crippen LogP contribution in [0.3, 0.4) is 0 Å². The van der Waals surface area contributed by atoms with Crippen LogP contribution in [0.15, 0.2) is 0 Å². The number of hydrogen-bond donors (Lipinski definition) is 3. The molecule has 0 spiro atoms. The molecule has 1 aliphatic heterocycles. The fourth-order valence-electron chi connectivity index (χ4n) is 1.99. The summed E-state index contributed by atoms with van der Waals surface area (Å²) in [5.74, 6) is -1.16. The molecule has 4 N–H and O–H groups in total. The highest BCUT2D eigenvalue weighted by Crippen LogP contribution is 2.20. The van der Waals surface area contributed by atoms with Gasteiger partial charge in [0.05, 0.1) is 13.1 Å². The van der Waals surface area contributed by atoms with Crippen LogP contribution >= 0.6 is 0 Å². The highest BCUT2D eigenvalue weighted by molar-refractivity contribution is 5.85. The van der Waals surface area contributed by atoms with Gasteiger partial charge in [0.1, 0.15) is 0 Å². The van der Waals surface area contributed by atoms with Gasteiger partial charge >= 0.3 is 5.97 Å². The maximum atomic E-state index is 11.7. The lowest BCUT2D eigenvalue weighted by atomic mass is 9.93. The van der Waals surface area contributed by atoms with Crippen molar-refractivity contribution in [1.29, 1.82) is 0 Å². The number of nitrogens with zero attached hydrogens (tertiary/aromatic N) is 1. The molecule has 1 aliphatic rings. The van der Waals surface area contributed by atoms with Crippen molar-refractivity contribution in [2.45, 2.75) is 19.3 Å². The Balaban J connectivity index is 2.27. The molecule has 0 aromatic rings. The van der Waals surface area contributed by atoms with Crippen molar-refractivity contribution in [2.75, 3.05) is 26.2 Å². The summed E-state index contributed by atoms with van der Waals surface area (Å²) < 4.78 is 0. The molecule has 1 fully saturated rings. The van der Waals surface area contributed by atoms with Crippen molar-refractivity contribution in [3.05, 3.63) is 0 Å². The van der Waals surface area contributed by atoms with E-state index in [0.717, 1.165) is 0 Å². The Bertz CT molecular complexity index is 324. The van der Waals surface area contributed by atoms with Crippen LogP contribution in [-0.4, -0.2) is 54.0 Å². The Morgan fingerprint density at radius 3 is 2.39 bits per heavy atom. The lowest BCUT2D eigenvalue weighted by Crippen LogP contribution is -2.45. The third kappa shape index (κ3) is 4.70. The quantitative estimate of drug-likeness (QED) is 0.571. The SMILES string of the molecule is NCC(=O)NCC(=O)N1CCC(CC(=O)O)CC1. The van der Waals surface area contributed by atoms with E-state index in [1.807, 2.05) is 0 Å². The second-order valence-corrected chi connectivity index (χ2v) is 4.40. The minimum absolute atomic E-state index is 0.0420. The number of rotatable bonds is 5. The number of hydrogen-bond acceptors (Lipinski definition) is 4. The van der Waals surface area contributed by atoms with Crippen LogP contribution in [0.2, 0.25) is 0 Å². The summed E-state index contributed by atoms with van der Waals surface area (Å²) in [6.07, 6.45) is 1.55. The standard InChI is InChI=1S/C11H19N3O4/c12-6-9(15)13-7-10(16)14-3-1-8(2-4-14)5-11(17)18/h8H,1-7,12H2,(H,13,15)(H,17,18). The van der Waals surface area contributed by atoms with Crippen LogP contribution < -0.4 is 11.1 Å². The van der Waals surface area contributed by atoms with E-state index in [1.165, 1.54) is 0 Å². The highest BCUT2D eigenvalue weighted by atomic mass is 16.4. The molecule has 0 bridgehead atoms. The summed E-state index contributed by atoms with van der Waals surface area (Å²) in [6.45, 7) is 0.929. The molecular formula is C11H19N3O4. The average molecular weight is 257 g/mol. The number of carbonyl (C=O) groups is 3. The summed E-state index contributed by atoms with van der Waals surface area (Å²) >= 11 is 0. The number of piperidine rings is 1. The number of likely N-dealkylation sites (tertiary alicyclic amines) is 1. The van der Waals surface area contributed by atoms with Crippen LogP contribution in [-0.2, 0) is 14.4 Å². The molecule has 0 aliphatic carbocycles. The predicted molar refractivity (Wildman–Crippen MR) is 63.6 cm³/mol. The molecule has 1 heterocycles. The Hall–Kier alpha value is -1.63. The largest absolute Gasteiger partial charge is 0.481 e. The molecule has 7 nitrogen and oxygen atoms in total. The summed E-state index contributed by atoms with van der Waals surface area (Å²) in [5.41, 5.74) is 5.11. The van der Waals surface area contributed by atoms with E-state index in [2.05, 4.69) is 5.32 Å². The van der Waals surface area contributed by atoms with Crippen molar-refractivity contribution in [2.24, 2.45) is 11.7 Å². The molecule has 0 unspecified atom stereocenters. The first kappa shape index (κ1) is 14.4. The van der Waals surface area contributed by atoms with E-state index in [9.17, 15) is 14.4 Å². The highest BCUT2D eigenvalue weighted by Gasteiger charge is 2.24. The van der Waals surface area contributed by atoms with E-state index in [1.54, 1.807) is 4.90 Å². The minimum Gasteiger partial charge on any atom is -0.481 e. The number of carboxylic acid groups (broad SMARTS) is 1. The molecule has 0 saturated carbocycles. The van der Waals surface area contributed by atoms with E-state index in [-0.39, 0.29) is 37.2 Å². The zero-order valence-electron chi connectivity index (χ0n) is 10.2. The molecule has 0 atom stereocenters. The van der Waals surface area contributed by atoms with Crippen molar-refractivity contribution in [3.63, 3.8) is 0 Å². The Morgan fingerprint density at radius 1 is 1.28 bits per heavy atom. The maximum absolute atomic E-state index is 11.7. The molecule has 0 radical (unpaired) electrons. The first-order valence-corrected chi connectivity index (χ1v) is 5.99. The van der Waals surface area contributed by atoms with Gasteiger partial charge in [0.15, 0.2) is 0 Å². The Morgan fingerprint density at radius 2 is 1.89 bits per heavy atom. The fourth-order valence-corrected chi connectivity index (χ4v) is 1.99. The molecule has 2 amide bonds. The predicted octanol–water partition coefficient (Wildman–Crippen LogP) is -1.23. The van der Waals surface area contributed by atoms with E-state index < -0.39 is 5.97 Å². The lowest BCUT2D eigenvalue weighted by molar-refractivity contribution is -0.139. The van der Waals surface area contributed by atoms with E-state index >= 15 is 0 Å². The zero-order chi connectivity index (χ0) is 13.5. The summed E-state index contributed by atoms with van der Waals surface area (Å²) in [5, 5.41) is 11.1. The molecule has 7 heteroatoms. The van der Waals surface area contributed by atoms with Gasteiger partial charge in [-0.05, 0) is 18.8 Å². The average Bonchev–Trinajstić information content (AvgIpc) is 2.35. The Labute approximate surface area is 105 Å². The fraction of sp³-hybridized carbons (Fsp3) is 0.727. The number of carboxylic acids is 1. The molecular weight excluding hydrogens is 238 g/mol.